The van der Waals surface area contributed by atoms with E-state index in [1.807, 2.05) is 41.2 Å². The van der Waals surface area contributed by atoms with Crippen LogP contribution in [0.3, 0.4) is 0 Å². The Morgan fingerprint density at radius 2 is 1.97 bits per heavy atom. The summed E-state index contributed by atoms with van der Waals surface area (Å²) in [5.74, 6) is 2.20. The molecule has 0 amide bonds. The monoisotopic (exact) mass is 385 g/mol. The van der Waals surface area contributed by atoms with E-state index >= 15 is 0 Å². The summed E-state index contributed by atoms with van der Waals surface area (Å²) in [4.78, 5) is 11.5. The van der Waals surface area contributed by atoms with Crippen molar-refractivity contribution in [1.29, 1.82) is 0 Å². The molecule has 1 atom stereocenters. The minimum atomic E-state index is 0.370. The zero-order valence-corrected chi connectivity index (χ0v) is 16.4. The smallest absolute Gasteiger partial charge is 0.156 e. The summed E-state index contributed by atoms with van der Waals surface area (Å²) < 4.78 is 7.14. The van der Waals surface area contributed by atoms with Crippen molar-refractivity contribution in [3.05, 3.63) is 78.5 Å². The van der Waals surface area contributed by atoms with Crippen molar-refractivity contribution in [3.8, 4) is 16.9 Å². The molecular formula is C23H23N5O. The van der Waals surface area contributed by atoms with Crippen LogP contribution >= 0.6 is 0 Å². The molecule has 0 N–H and O–H groups in total. The van der Waals surface area contributed by atoms with E-state index in [9.17, 15) is 0 Å². The lowest BCUT2D eigenvalue weighted by Gasteiger charge is -2.15. The van der Waals surface area contributed by atoms with Crippen molar-refractivity contribution >= 4 is 5.65 Å². The molecule has 0 spiro atoms. The molecule has 6 nitrogen and oxygen atoms in total. The second kappa shape index (κ2) is 7.64. The first-order valence-electron chi connectivity index (χ1n) is 9.90. The first kappa shape index (κ1) is 17.8. The van der Waals surface area contributed by atoms with Gasteiger partial charge < -0.3 is 4.74 Å². The normalized spacial score (nSPS) is 17.1. The zero-order chi connectivity index (χ0) is 19.6. The van der Waals surface area contributed by atoms with Gasteiger partial charge in [0.1, 0.15) is 5.75 Å². The molecular weight excluding hydrogens is 362 g/mol. The van der Waals surface area contributed by atoms with Gasteiger partial charge >= 0.3 is 0 Å². The molecule has 146 valence electrons. The summed E-state index contributed by atoms with van der Waals surface area (Å²) in [6.45, 7) is 2.99. The number of hydrogen-bond acceptors (Lipinski definition) is 5. The lowest BCUT2D eigenvalue weighted by Crippen LogP contribution is -2.19. The van der Waals surface area contributed by atoms with Crippen molar-refractivity contribution in [2.24, 2.45) is 0 Å². The molecule has 29 heavy (non-hydrogen) atoms. The molecule has 1 aromatic carbocycles. The number of hydrogen-bond donors (Lipinski definition) is 0. The molecule has 0 bridgehead atoms. The number of likely N-dealkylation sites (tertiary alicyclic amines) is 1. The van der Waals surface area contributed by atoms with E-state index in [2.05, 4.69) is 34.1 Å². The third-order valence-electron chi connectivity index (χ3n) is 5.54. The zero-order valence-electron chi connectivity index (χ0n) is 16.4. The number of benzene rings is 1. The maximum atomic E-state index is 5.24. The van der Waals surface area contributed by atoms with Gasteiger partial charge in [0.25, 0.3) is 0 Å². The second-order valence-electron chi connectivity index (χ2n) is 7.50. The van der Waals surface area contributed by atoms with Crippen LogP contribution in [0.15, 0.2) is 67.1 Å². The van der Waals surface area contributed by atoms with Crippen LogP contribution in [-0.4, -0.2) is 44.7 Å². The van der Waals surface area contributed by atoms with Gasteiger partial charge in [-0.15, -0.1) is 0 Å². The van der Waals surface area contributed by atoms with Crippen LogP contribution in [0.4, 0.5) is 0 Å². The Balaban J connectivity index is 1.30. The Kier molecular flexibility index (Phi) is 4.69. The fourth-order valence-electron chi connectivity index (χ4n) is 3.95. The molecule has 0 saturated carbocycles. The van der Waals surface area contributed by atoms with Gasteiger partial charge in [0.05, 0.1) is 7.11 Å². The average Bonchev–Trinajstić information content (AvgIpc) is 3.41. The fraction of sp³-hybridized carbons (Fsp3) is 0.261. The van der Waals surface area contributed by atoms with Gasteiger partial charge in [0, 0.05) is 48.7 Å². The van der Waals surface area contributed by atoms with E-state index in [0.29, 0.717) is 5.92 Å². The number of aromatic nitrogens is 4. The standard InChI is InChI=1S/C23H23N5O/c1-29-21-7-4-17(5-8-21)14-27-12-10-20(15-27)23-25-22-9-6-19(16-28(22)26-23)18-3-2-11-24-13-18/h2-9,11,13,16,20H,10,12,14-15H2,1H3/t20-/m1/s1. The van der Waals surface area contributed by atoms with E-state index < -0.39 is 0 Å². The molecule has 6 heteroatoms. The van der Waals surface area contributed by atoms with E-state index in [0.717, 1.165) is 54.4 Å². The third-order valence-corrected chi connectivity index (χ3v) is 5.54. The molecule has 1 fully saturated rings. The van der Waals surface area contributed by atoms with E-state index in [-0.39, 0.29) is 0 Å². The summed E-state index contributed by atoms with van der Waals surface area (Å²) >= 11 is 0. The van der Waals surface area contributed by atoms with Crippen LogP contribution < -0.4 is 4.74 Å². The first-order valence-corrected chi connectivity index (χ1v) is 9.90. The van der Waals surface area contributed by atoms with Crippen molar-refractivity contribution in [2.75, 3.05) is 20.2 Å². The largest absolute Gasteiger partial charge is 0.497 e. The predicted molar refractivity (Wildman–Crippen MR) is 112 cm³/mol. The highest BCUT2D eigenvalue weighted by atomic mass is 16.5. The predicted octanol–water partition coefficient (Wildman–Crippen LogP) is 3.79. The van der Waals surface area contributed by atoms with Crippen molar-refractivity contribution in [3.63, 3.8) is 0 Å². The highest BCUT2D eigenvalue weighted by Gasteiger charge is 2.27. The molecule has 0 unspecified atom stereocenters. The van der Waals surface area contributed by atoms with Crippen LogP contribution in [0.5, 0.6) is 5.75 Å². The number of nitrogens with zero attached hydrogens (tertiary/aromatic N) is 5. The summed E-state index contributed by atoms with van der Waals surface area (Å²) in [6, 6.07) is 16.4. The molecule has 4 heterocycles. The number of pyridine rings is 2. The summed E-state index contributed by atoms with van der Waals surface area (Å²) in [7, 11) is 1.70. The van der Waals surface area contributed by atoms with E-state index in [4.69, 9.17) is 14.8 Å². The maximum absolute atomic E-state index is 5.24. The lowest BCUT2D eigenvalue weighted by atomic mass is 10.1. The van der Waals surface area contributed by atoms with Crippen molar-refractivity contribution < 1.29 is 4.74 Å². The van der Waals surface area contributed by atoms with Gasteiger partial charge in [-0.25, -0.2) is 9.50 Å². The summed E-state index contributed by atoms with van der Waals surface area (Å²) in [5.41, 5.74) is 4.37. The van der Waals surface area contributed by atoms with Gasteiger partial charge in [-0.3, -0.25) is 9.88 Å². The van der Waals surface area contributed by atoms with Gasteiger partial charge in [-0.1, -0.05) is 18.2 Å². The van der Waals surface area contributed by atoms with Crippen LogP contribution in [0.1, 0.15) is 23.7 Å². The second-order valence-corrected chi connectivity index (χ2v) is 7.50. The third kappa shape index (κ3) is 3.71. The van der Waals surface area contributed by atoms with Crippen LogP contribution in [0.25, 0.3) is 16.8 Å². The minimum Gasteiger partial charge on any atom is -0.497 e. The van der Waals surface area contributed by atoms with E-state index in [1.54, 1.807) is 13.3 Å². The molecule has 0 aliphatic carbocycles. The lowest BCUT2D eigenvalue weighted by molar-refractivity contribution is 0.325. The number of ether oxygens (including phenoxy) is 1. The Hall–Kier alpha value is -3.25. The fourth-order valence-corrected chi connectivity index (χ4v) is 3.95. The summed E-state index contributed by atoms with van der Waals surface area (Å²) in [6.07, 6.45) is 6.77. The molecule has 1 saturated heterocycles. The molecule has 4 aromatic rings. The quantitative estimate of drug-likeness (QED) is 0.523. The molecule has 3 aromatic heterocycles. The molecule has 1 aliphatic rings. The average molecular weight is 385 g/mol. The Labute approximate surface area is 169 Å². The SMILES string of the molecule is COc1ccc(CN2CC[C@@H](c3nc4ccc(-c5cccnc5)cn4n3)C2)cc1. The van der Waals surface area contributed by atoms with Gasteiger partial charge in [0.15, 0.2) is 11.5 Å². The highest BCUT2D eigenvalue weighted by molar-refractivity contribution is 5.63. The van der Waals surface area contributed by atoms with Crippen molar-refractivity contribution in [1.82, 2.24) is 24.5 Å². The maximum Gasteiger partial charge on any atom is 0.156 e. The van der Waals surface area contributed by atoms with E-state index in [1.165, 1.54) is 5.56 Å². The van der Waals surface area contributed by atoms with Gasteiger partial charge in [-0.2, -0.15) is 5.10 Å². The topological polar surface area (TPSA) is 55.5 Å². The Bertz CT molecular complexity index is 1110. The Morgan fingerprint density at radius 1 is 1.07 bits per heavy atom. The molecule has 0 radical (unpaired) electrons. The molecule has 5 rings (SSSR count). The van der Waals surface area contributed by atoms with Crippen molar-refractivity contribution in [2.45, 2.75) is 18.9 Å². The Morgan fingerprint density at radius 3 is 2.76 bits per heavy atom. The number of fused-ring (bicyclic) bond motifs is 1. The minimum absolute atomic E-state index is 0.370. The van der Waals surface area contributed by atoms with Gasteiger partial charge in [-0.05, 0) is 48.9 Å². The molecule has 1 aliphatic heterocycles. The highest BCUT2D eigenvalue weighted by Crippen LogP contribution is 2.27. The van der Waals surface area contributed by atoms with Crippen LogP contribution in [0, 0.1) is 0 Å². The first-order chi connectivity index (χ1) is 14.3. The van der Waals surface area contributed by atoms with Crippen LogP contribution in [-0.2, 0) is 6.54 Å². The van der Waals surface area contributed by atoms with Crippen LogP contribution in [0.2, 0.25) is 0 Å². The summed E-state index contributed by atoms with van der Waals surface area (Å²) in [5, 5.41) is 4.79. The number of methoxy groups -OCH3 is 1. The number of rotatable bonds is 5. The van der Waals surface area contributed by atoms with Gasteiger partial charge in [0.2, 0.25) is 0 Å².